The van der Waals surface area contributed by atoms with Crippen molar-refractivity contribution in [2.75, 3.05) is 6.61 Å². The van der Waals surface area contributed by atoms with Gasteiger partial charge in [-0.25, -0.2) is 4.79 Å². The molecule has 3 rings (SSSR count). The van der Waals surface area contributed by atoms with Crippen LogP contribution in [-0.2, 0) is 23.8 Å². The van der Waals surface area contributed by atoms with E-state index in [1.807, 2.05) is 26.8 Å². The molecule has 136 valence electrons. The molecule has 0 spiro atoms. The standard InChI is InChI=1S/C20H26O5/c1-6-11(2)10-23-16-9-20(5)17(21)8-14(25-20)12(3)7-15-18(16)13(4)19(22)24-15/h6,8,12,15-16,18H,4,7,9-10H2,1-3,5H3/b11-6-/t12-,15+,16-,18-,20+/m0/s1. The van der Waals surface area contributed by atoms with Crippen LogP contribution in [0.15, 0.2) is 35.6 Å². The SMILES string of the molecule is C=C1C(=O)O[C@@H]2C[C@H](C)C3=CC(=O)[C@@](C)(C[C@H](OC/C(C)=C\C)[C@@H]12)O3. The lowest BCUT2D eigenvalue weighted by atomic mass is 9.80. The number of esters is 1. The number of rotatable bonds is 3. The minimum Gasteiger partial charge on any atom is -0.483 e. The summed E-state index contributed by atoms with van der Waals surface area (Å²) in [6, 6.07) is 0. The summed E-state index contributed by atoms with van der Waals surface area (Å²) in [4.78, 5) is 24.6. The predicted octanol–water partition coefficient (Wildman–Crippen LogP) is 3.11. The Morgan fingerprint density at radius 3 is 2.88 bits per heavy atom. The van der Waals surface area contributed by atoms with Gasteiger partial charge in [0, 0.05) is 24.0 Å². The number of carbonyl (C=O) groups is 2. The zero-order valence-corrected chi connectivity index (χ0v) is 15.3. The minimum atomic E-state index is -0.959. The van der Waals surface area contributed by atoms with Gasteiger partial charge in [0.1, 0.15) is 11.9 Å². The van der Waals surface area contributed by atoms with Crippen molar-refractivity contribution in [1.82, 2.24) is 0 Å². The molecule has 0 unspecified atom stereocenters. The Bertz CT molecular complexity index is 674. The lowest BCUT2D eigenvalue weighted by Crippen LogP contribution is -2.42. The quantitative estimate of drug-likeness (QED) is 0.446. The van der Waals surface area contributed by atoms with Crippen LogP contribution in [0.1, 0.15) is 40.5 Å². The Kier molecular flexibility index (Phi) is 4.62. The Hall–Kier alpha value is -1.88. The number of allylic oxidation sites excluding steroid dienone is 2. The first kappa shape index (κ1) is 17.9. The molecule has 25 heavy (non-hydrogen) atoms. The number of carbonyl (C=O) groups excluding carboxylic acids is 2. The summed E-state index contributed by atoms with van der Waals surface area (Å²) in [5.41, 5.74) is 0.560. The van der Waals surface area contributed by atoms with Gasteiger partial charge in [0.15, 0.2) is 5.60 Å². The highest BCUT2D eigenvalue weighted by molar-refractivity contribution is 5.99. The van der Waals surface area contributed by atoms with E-state index in [0.29, 0.717) is 30.8 Å². The Labute approximate surface area is 148 Å². The van der Waals surface area contributed by atoms with E-state index in [9.17, 15) is 9.59 Å². The van der Waals surface area contributed by atoms with Crippen LogP contribution in [0.25, 0.3) is 0 Å². The fraction of sp³-hybridized carbons (Fsp3) is 0.600. The molecule has 3 heterocycles. The van der Waals surface area contributed by atoms with E-state index < -0.39 is 5.60 Å². The van der Waals surface area contributed by atoms with E-state index >= 15 is 0 Å². The van der Waals surface area contributed by atoms with Crippen molar-refractivity contribution in [1.29, 1.82) is 0 Å². The second-order valence-corrected chi connectivity index (χ2v) is 7.56. The molecule has 5 atom stereocenters. The van der Waals surface area contributed by atoms with Crippen LogP contribution in [0.3, 0.4) is 0 Å². The molecular formula is C20H26O5. The molecule has 0 aromatic heterocycles. The Morgan fingerprint density at radius 2 is 2.20 bits per heavy atom. The van der Waals surface area contributed by atoms with E-state index in [1.165, 1.54) is 0 Å². The third-order valence-corrected chi connectivity index (χ3v) is 5.54. The first-order valence-electron chi connectivity index (χ1n) is 8.83. The van der Waals surface area contributed by atoms with Gasteiger partial charge in [-0.15, -0.1) is 0 Å². The average molecular weight is 346 g/mol. The van der Waals surface area contributed by atoms with E-state index in [4.69, 9.17) is 14.2 Å². The molecule has 0 aromatic carbocycles. The molecule has 5 nitrogen and oxygen atoms in total. The van der Waals surface area contributed by atoms with E-state index in [2.05, 4.69) is 6.58 Å². The summed E-state index contributed by atoms with van der Waals surface area (Å²) in [7, 11) is 0. The van der Waals surface area contributed by atoms with Crippen molar-refractivity contribution < 1.29 is 23.8 Å². The first-order valence-corrected chi connectivity index (χ1v) is 8.83. The Morgan fingerprint density at radius 1 is 1.48 bits per heavy atom. The normalized spacial score (nSPS) is 38.3. The van der Waals surface area contributed by atoms with Crippen LogP contribution >= 0.6 is 0 Å². The third-order valence-electron chi connectivity index (χ3n) is 5.54. The maximum absolute atomic E-state index is 12.5. The number of hydrogen-bond acceptors (Lipinski definition) is 5. The van der Waals surface area contributed by atoms with Gasteiger partial charge in [0.2, 0.25) is 5.78 Å². The fourth-order valence-electron chi connectivity index (χ4n) is 3.77. The maximum atomic E-state index is 12.5. The lowest BCUT2D eigenvalue weighted by Gasteiger charge is -2.32. The smallest absolute Gasteiger partial charge is 0.334 e. The maximum Gasteiger partial charge on any atom is 0.334 e. The molecule has 3 aliphatic heterocycles. The number of ether oxygens (including phenoxy) is 3. The zero-order valence-electron chi connectivity index (χ0n) is 15.3. The van der Waals surface area contributed by atoms with Crippen molar-refractivity contribution >= 4 is 11.8 Å². The molecular weight excluding hydrogens is 320 g/mol. The highest BCUT2D eigenvalue weighted by atomic mass is 16.6. The number of ketones is 1. The van der Waals surface area contributed by atoms with Gasteiger partial charge < -0.3 is 14.2 Å². The summed E-state index contributed by atoms with van der Waals surface area (Å²) in [5.74, 6) is 0.00346. The van der Waals surface area contributed by atoms with Gasteiger partial charge in [-0.1, -0.05) is 25.2 Å². The molecule has 0 aliphatic carbocycles. The zero-order chi connectivity index (χ0) is 18.4. The van der Waals surface area contributed by atoms with Crippen molar-refractivity contribution in [3.8, 4) is 0 Å². The van der Waals surface area contributed by atoms with Crippen LogP contribution in [0.4, 0.5) is 0 Å². The van der Waals surface area contributed by atoms with Crippen molar-refractivity contribution in [3.63, 3.8) is 0 Å². The van der Waals surface area contributed by atoms with E-state index in [1.54, 1.807) is 13.0 Å². The highest BCUT2D eigenvalue weighted by Gasteiger charge is 2.52. The van der Waals surface area contributed by atoms with Gasteiger partial charge in [-0.05, 0) is 27.2 Å². The molecule has 0 aromatic rings. The molecule has 2 fully saturated rings. The fourth-order valence-corrected chi connectivity index (χ4v) is 3.77. The lowest BCUT2D eigenvalue weighted by molar-refractivity contribution is -0.140. The number of fused-ring (bicyclic) bond motifs is 3. The summed E-state index contributed by atoms with van der Waals surface area (Å²) >= 11 is 0. The summed E-state index contributed by atoms with van der Waals surface area (Å²) in [5, 5.41) is 0. The summed E-state index contributed by atoms with van der Waals surface area (Å²) in [6.07, 6.45) is 3.86. The van der Waals surface area contributed by atoms with Gasteiger partial charge in [-0.3, -0.25) is 4.79 Å². The van der Waals surface area contributed by atoms with Gasteiger partial charge in [-0.2, -0.15) is 0 Å². The van der Waals surface area contributed by atoms with Crippen molar-refractivity contribution in [2.24, 2.45) is 11.8 Å². The van der Waals surface area contributed by atoms with Crippen LogP contribution in [0, 0.1) is 11.8 Å². The van der Waals surface area contributed by atoms with Gasteiger partial charge in [0.25, 0.3) is 0 Å². The monoisotopic (exact) mass is 346 g/mol. The number of hydrogen-bond donors (Lipinski definition) is 0. The van der Waals surface area contributed by atoms with Crippen LogP contribution < -0.4 is 0 Å². The average Bonchev–Trinajstić information content (AvgIpc) is 3.01. The molecule has 0 radical (unpaired) electrons. The van der Waals surface area contributed by atoms with E-state index in [-0.39, 0.29) is 35.8 Å². The Balaban J connectivity index is 1.96. The van der Waals surface area contributed by atoms with Crippen LogP contribution in [0.2, 0.25) is 0 Å². The first-order chi connectivity index (χ1) is 11.7. The van der Waals surface area contributed by atoms with Gasteiger partial charge in [0.05, 0.1) is 18.6 Å². The van der Waals surface area contributed by atoms with Crippen molar-refractivity contribution in [3.05, 3.63) is 35.6 Å². The largest absolute Gasteiger partial charge is 0.483 e. The molecule has 0 N–H and O–H groups in total. The molecule has 0 saturated carbocycles. The van der Waals surface area contributed by atoms with Crippen LogP contribution in [0.5, 0.6) is 0 Å². The van der Waals surface area contributed by atoms with E-state index in [0.717, 1.165) is 5.57 Å². The predicted molar refractivity (Wildman–Crippen MR) is 92.7 cm³/mol. The van der Waals surface area contributed by atoms with Crippen molar-refractivity contribution in [2.45, 2.75) is 58.3 Å². The minimum absolute atomic E-state index is 0.00648. The summed E-state index contributed by atoms with van der Waals surface area (Å²) < 4.78 is 17.7. The molecule has 2 saturated heterocycles. The summed E-state index contributed by atoms with van der Waals surface area (Å²) in [6.45, 7) is 12.1. The molecule has 5 heteroatoms. The molecule has 2 bridgehead atoms. The molecule has 0 amide bonds. The molecule has 3 aliphatic rings. The van der Waals surface area contributed by atoms with Gasteiger partial charge >= 0.3 is 5.97 Å². The van der Waals surface area contributed by atoms with Crippen LogP contribution in [-0.4, -0.2) is 36.2 Å². The third kappa shape index (κ3) is 3.17. The second kappa shape index (κ2) is 6.45. The second-order valence-electron chi connectivity index (χ2n) is 7.56. The topological polar surface area (TPSA) is 61.8 Å². The highest BCUT2D eigenvalue weighted by Crippen LogP contribution is 2.44.